The van der Waals surface area contributed by atoms with Gasteiger partial charge in [0.05, 0.1) is 5.69 Å². The molecule has 0 radical (unpaired) electrons. The normalized spacial score (nSPS) is 13.9. The Kier molecular flexibility index (Phi) is 4.58. The highest BCUT2D eigenvalue weighted by Gasteiger charge is 2.25. The number of carbonyl (C=O) groups excluding carboxylic acids is 1. The van der Waals surface area contributed by atoms with E-state index in [0.717, 1.165) is 36.3 Å². The van der Waals surface area contributed by atoms with Crippen LogP contribution in [-0.2, 0) is 4.79 Å². The van der Waals surface area contributed by atoms with E-state index in [1.54, 1.807) is 24.5 Å². The minimum Gasteiger partial charge on any atom is -0.438 e. The lowest BCUT2D eigenvalue weighted by Crippen LogP contribution is -2.27. The van der Waals surface area contributed by atoms with Crippen LogP contribution in [0.15, 0.2) is 42.7 Å². The van der Waals surface area contributed by atoms with Crippen LogP contribution in [-0.4, -0.2) is 25.7 Å². The molecule has 1 aromatic carbocycles. The van der Waals surface area contributed by atoms with Crippen LogP contribution in [0.25, 0.3) is 5.82 Å². The Morgan fingerprint density at radius 2 is 1.89 bits per heavy atom. The first-order valence-corrected chi connectivity index (χ1v) is 9.03. The number of carbonyl (C=O) groups is 1. The van der Waals surface area contributed by atoms with Crippen LogP contribution in [0.3, 0.4) is 0 Å². The van der Waals surface area contributed by atoms with Gasteiger partial charge in [-0.1, -0.05) is 6.42 Å². The van der Waals surface area contributed by atoms with Crippen molar-refractivity contribution >= 4 is 11.6 Å². The van der Waals surface area contributed by atoms with Gasteiger partial charge in [0.2, 0.25) is 11.8 Å². The van der Waals surface area contributed by atoms with Gasteiger partial charge in [-0.25, -0.2) is 4.98 Å². The molecule has 2 aromatic heterocycles. The van der Waals surface area contributed by atoms with E-state index in [2.05, 4.69) is 20.5 Å². The maximum atomic E-state index is 12.0. The van der Waals surface area contributed by atoms with Gasteiger partial charge in [-0.15, -0.1) is 10.2 Å². The summed E-state index contributed by atoms with van der Waals surface area (Å²) < 4.78 is 7.61. The summed E-state index contributed by atoms with van der Waals surface area (Å²) in [5.74, 6) is 1.99. The van der Waals surface area contributed by atoms with Crippen molar-refractivity contribution < 1.29 is 9.53 Å². The largest absolute Gasteiger partial charge is 0.438 e. The van der Waals surface area contributed by atoms with Crippen LogP contribution in [0, 0.1) is 19.8 Å². The minimum absolute atomic E-state index is 0.0985. The minimum atomic E-state index is 0.0985. The second-order valence-corrected chi connectivity index (χ2v) is 6.76. The molecule has 7 heteroatoms. The smallest absolute Gasteiger partial charge is 0.238 e. The third-order valence-corrected chi connectivity index (χ3v) is 4.94. The lowest BCUT2D eigenvalue weighted by Gasteiger charge is -2.24. The predicted molar refractivity (Wildman–Crippen MR) is 101 cm³/mol. The quantitative estimate of drug-likeness (QED) is 0.745. The van der Waals surface area contributed by atoms with Gasteiger partial charge < -0.3 is 10.1 Å². The summed E-state index contributed by atoms with van der Waals surface area (Å²) in [5, 5.41) is 11.3. The van der Waals surface area contributed by atoms with E-state index in [0.29, 0.717) is 17.4 Å². The Bertz CT molecular complexity index is 944. The summed E-state index contributed by atoms with van der Waals surface area (Å²) in [4.78, 5) is 16.2. The molecular formula is C20H21N5O2. The zero-order chi connectivity index (χ0) is 18.8. The van der Waals surface area contributed by atoms with Gasteiger partial charge in [-0.05, 0) is 57.0 Å². The highest BCUT2D eigenvalue weighted by Crippen LogP contribution is 2.28. The lowest BCUT2D eigenvalue weighted by atomic mass is 9.85. The zero-order valence-electron chi connectivity index (χ0n) is 15.3. The number of nitrogens with one attached hydrogen (secondary N) is 1. The first kappa shape index (κ1) is 17.2. The van der Waals surface area contributed by atoms with Gasteiger partial charge in [-0.2, -0.15) is 0 Å². The molecule has 0 saturated heterocycles. The Morgan fingerprint density at radius 1 is 1.11 bits per heavy atom. The first-order valence-electron chi connectivity index (χ1n) is 9.03. The zero-order valence-corrected chi connectivity index (χ0v) is 15.3. The molecule has 138 valence electrons. The van der Waals surface area contributed by atoms with Gasteiger partial charge in [0, 0.05) is 23.4 Å². The van der Waals surface area contributed by atoms with Crippen molar-refractivity contribution in [1.82, 2.24) is 19.7 Å². The molecule has 1 amide bonds. The molecule has 1 aliphatic rings. The second-order valence-electron chi connectivity index (χ2n) is 6.76. The van der Waals surface area contributed by atoms with Gasteiger partial charge in [0.15, 0.2) is 5.82 Å². The molecule has 4 rings (SSSR count). The number of hydrogen-bond donors (Lipinski definition) is 1. The molecule has 3 aromatic rings. The van der Waals surface area contributed by atoms with Crippen molar-refractivity contribution in [2.45, 2.75) is 33.1 Å². The Labute approximate surface area is 157 Å². The monoisotopic (exact) mass is 363 g/mol. The molecule has 1 aliphatic carbocycles. The lowest BCUT2D eigenvalue weighted by molar-refractivity contribution is -0.122. The van der Waals surface area contributed by atoms with Crippen molar-refractivity contribution in [2.24, 2.45) is 5.92 Å². The molecule has 2 heterocycles. The molecule has 7 nitrogen and oxygen atoms in total. The Hall–Kier alpha value is -3.22. The summed E-state index contributed by atoms with van der Waals surface area (Å²) in [6, 6.07) is 10.9. The number of amides is 1. The summed E-state index contributed by atoms with van der Waals surface area (Å²) >= 11 is 0. The molecule has 0 atom stereocenters. The number of imidazole rings is 1. The predicted octanol–water partition coefficient (Wildman–Crippen LogP) is 3.81. The van der Waals surface area contributed by atoms with Gasteiger partial charge in [-0.3, -0.25) is 9.36 Å². The molecule has 0 unspecified atom stereocenters. The Morgan fingerprint density at radius 3 is 2.44 bits per heavy atom. The second kappa shape index (κ2) is 7.19. The average molecular weight is 363 g/mol. The number of rotatable bonds is 5. The molecule has 1 N–H and O–H groups in total. The van der Waals surface area contributed by atoms with Crippen molar-refractivity contribution in [3.05, 3.63) is 54.1 Å². The van der Waals surface area contributed by atoms with Crippen molar-refractivity contribution in [2.75, 3.05) is 5.32 Å². The third kappa shape index (κ3) is 3.67. The number of ether oxygens (including phenoxy) is 1. The summed E-state index contributed by atoms with van der Waals surface area (Å²) in [5.41, 5.74) is 2.76. The van der Waals surface area contributed by atoms with Gasteiger partial charge in [0.1, 0.15) is 12.1 Å². The van der Waals surface area contributed by atoms with Crippen LogP contribution >= 0.6 is 0 Å². The molecule has 1 saturated carbocycles. The van der Waals surface area contributed by atoms with E-state index >= 15 is 0 Å². The Balaban J connectivity index is 1.40. The molecule has 0 aliphatic heterocycles. The molecular weight excluding hydrogens is 342 g/mol. The van der Waals surface area contributed by atoms with Crippen LogP contribution in [0.4, 0.5) is 5.69 Å². The fourth-order valence-electron chi connectivity index (χ4n) is 2.87. The van der Waals surface area contributed by atoms with E-state index in [1.165, 1.54) is 0 Å². The van der Waals surface area contributed by atoms with Crippen molar-refractivity contribution in [3.63, 3.8) is 0 Å². The number of aromatic nitrogens is 4. The fraction of sp³-hybridized carbons (Fsp3) is 0.300. The highest BCUT2D eigenvalue weighted by molar-refractivity contribution is 5.93. The van der Waals surface area contributed by atoms with Crippen LogP contribution in [0.1, 0.15) is 30.7 Å². The molecule has 0 spiro atoms. The number of benzene rings is 1. The van der Waals surface area contributed by atoms with Crippen LogP contribution in [0.5, 0.6) is 11.6 Å². The number of nitrogens with zero attached hydrogens (tertiary/aromatic N) is 4. The maximum absolute atomic E-state index is 12.0. The number of hydrogen-bond acceptors (Lipinski definition) is 5. The van der Waals surface area contributed by atoms with Gasteiger partial charge >= 0.3 is 0 Å². The third-order valence-electron chi connectivity index (χ3n) is 4.94. The fourth-order valence-corrected chi connectivity index (χ4v) is 2.87. The van der Waals surface area contributed by atoms with Crippen LogP contribution in [0.2, 0.25) is 0 Å². The number of aryl methyl sites for hydroxylation is 1. The SMILES string of the molecule is Cc1ncn(-c2ccc(Oc3ccc(NC(=O)C4CCC4)cc3)nn2)c1C. The summed E-state index contributed by atoms with van der Waals surface area (Å²) in [6.45, 7) is 3.94. The van der Waals surface area contributed by atoms with Gasteiger partial charge in [0.25, 0.3) is 0 Å². The highest BCUT2D eigenvalue weighted by atomic mass is 16.5. The summed E-state index contributed by atoms with van der Waals surface area (Å²) in [6.07, 6.45) is 4.84. The van der Waals surface area contributed by atoms with E-state index in [9.17, 15) is 4.79 Å². The first-order chi connectivity index (χ1) is 13.1. The van der Waals surface area contributed by atoms with Crippen molar-refractivity contribution in [3.8, 4) is 17.4 Å². The van der Waals surface area contributed by atoms with E-state index in [-0.39, 0.29) is 11.8 Å². The molecule has 0 bridgehead atoms. The topological polar surface area (TPSA) is 81.9 Å². The molecule has 1 fully saturated rings. The number of anilines is 1. The van der Waals surface area contributed by atoms with Crippen molar-refractivity contribution in [1.29, 1.82) is 0 Å². The molecule has 27 heavy (non-hydrogen) atoms. The average Bonchev–Trinajstić information content (AvgIpc) is 2.95. The van der Waals surface area contributed by atoms with E-state index < -0.39 is 0 Å². The van der Waals surface area contributed by atoms with E-state index in [1.807, 2.05) is 36.6 Å². The standard InChI is InChI=1S/C20H21N5O2/c1-13-14(2)25(12-21-13)18-10-11-19(24-23-18)27-17-8-6-16(7-9-17)22-20(26)15-4-3-5-15/h6-12,15H,3-5H2,1-2H3,(H,22,26). The van der Waals surface area contributed by atoms with Crippen LogP contribution < -0.4 is 10.1 Å². The van der Waals surface area contributed by atoms with E-state index in [4.69, 9.17) is 4.74 Å². The maximum Gasteiger partial charge on any atom is 0.238 e. The summed E-state index contributed by atoms with van der Waals surface area (Å²) in [7, 11) is 0.